The van der Waals surface area contributed by atoms with E-state index in [1.165, 1.54) is 6.33 Å². The van der Waals surface area contributed by atoms with Gasteiger partial charge in [-0.1, -0.05) is 29.8 Å². The maximum Gasteiger partial charge on any atom is 0.323 e. The van der Waals surface area contributed by atoms with E-state index in [2.05, 4.69) is 20.6 Å². The number of nitrogens with one attached hydrogen (secondary N) is 2. The summed E-state index contributed by atoms with van der Waals surface area (Å²) in [7, 11) is 0. The Kier molecular flexibility index (Phi) is 6.31. The molecular formula is C22H20ClN5O2S. The molecule has 2 aromatic heterocycles. The minimum Gasteiger partial charge on any atom is -0.396 e. The second-order valence-electron chi connectivity index (χ2n) is 6.83. The van der Waals surface area contributed by atoms with Crippen molar-refractivity contribution in [3.63, 3.8) is 0 Å². The SMILES string of the molecule is Nc1ncnc2sc(CCCO)c(-c3ccc(NC(=O)Nc4cccc(Cl)c4)cc3)c12. The first-order chi connectivity index (χ1) is 15.0. The van der Waals surface area contributed by atoms with E-state index in [9.17, 15) is 9.90 Å². The van der Waals surface area contributed by atoms with Crippen LogP contribution in [0.25, 0.3) is 21.3 Å². The minimum atomic E-state index is -0.364. The fraction of sp³-hybridized carbons (Fsp3) is 0.136. The molecule has 0 aliphatic carbocycles. The maximum absolute atomic E-state index is 12.3. The summed E-state index contributed by atoms with van der Waals surface area (Å²) in [5.41, 5.74) is 9.32. The number of carbonyl (C=O) groups is 1. The molecule has 0 aliphatic heterocycles. The van der Waals surface area contributed by atoms with Gasteiger partial charge < -0.3 is 21.5 Å². The van der Waals surface area contributed by atoms with Crippen molar-refractivity contribution in [1.82, 2.24) is 9.97 Å². The number of thiophene rings is 1. The normalized spacial score (nSPS) is 10.9. The molecule has 4 rings (SSSR count). The van der Waals surface area contributed by atoms with Crippen LogP contribution >= 0.6 is 22.9 Å². The van der Waals surface area contributed by atoms with E-state index < -0.39 is 0 Å². The molecule has 2 heterocycles. The predicted octanol–water partition coefficient (Wildman–Crippen LogP) is 5.16. The van der Waals surface area contributed by atoms with Crippen LogP contribution in [0.5, 0.6) is 0 Å². The lowest BCUT2D eigenvalue weighted by atomic mass is 10.0. The first-order valence-corrected chi connectivity index (χ1v) is 10.8. The summed E-state index contributed by atoms with van der Waals surface area (Å²) in [5, 5.41) is 16.2. The molecule has 0 saturated carbocycles. The Labute approximate surface area is 187 Å². The number of hydrogen-bond donors (Lipinski definition) is 4. The van der Waals surface area contributed by atoms with Crippen LogP contribution in [-0.4, -0.2) is 27.7 Å². The third kappa shape index (κ3) is 4.77. The van der Waals surface area contributed by atoms with Gasteiger partial charge in [-0.15, -0.1) is 11.3 Å². The maximum atomic E-state index is 12.3. The molecule has 9 heteroatoms. The fourth-order valence-corrected chi connectivity index (χ4v) is 4.70. The van der Waals surface area contributed by atoms with Crippen LogP contribution in [-0.2, 0) is 6.42 Å². The Balaban J connectivity index is 1.58. The largest absolute Gasteiger partial charge is 0.396 e. The van der Waals surface area contributed by atoms with Gasteiger partial charge in [0.25, 0.3) is 0 Å². The van der Waals surface area contributed by atoms with Gasteiger partial charge in [-0.05, 0) is 48.7 Å². The van der Waals surface area contributed by atoms with Crippen LogP contribution in [0.2, 0.25) is 5.02 Å². The third-order valence-corrected chi connectivity index (χ3v) is 6.06. The molecule has 31 heavy (non-hydrogen) atoms. The topological polar surface area (TPSA) is 113 Å². The summed E-state index contributed by atoms with van der Waals surface area (Å²) in [6.07, 6.45) is 2.82. The van der Waals surface area contributed by atoms with E-state index in [0.717, 1.165) is 26.2 Å². The van der Waals surface area contributed by atoms with Crippen LogP contribution < -0.4 is 16.4 Å². The highest BCUT2D eigenvalue weighted by molar-refractivity contribution is 7.19. The van der Waals surface area contributed by atoms with Crippen molar-refractivity contribution in [3.8, 4) is 11.1 Å². The highest BCUT2D eigenvalue weighted by Gasteiger charge is 2.17. The average molecular weight is 454 g/mol. The molecule has 4 aromatic rings. The van der Waals surface area contributed by atoms with Crippen LogP contribution in [0.4, 0.5) is 22.0 Å². The molecule has 2 amide bonds. The zero-order chi connectivity index (χ0) is 21.8. The van der Waals surface area contributed by atoms with Crippen LogP contribution in [0, 0.1) is 0 Å². The molecule has 0 fully saturated rings. The third-order valence-electron chi connectivity index (χ3n) is 4.67. The number of fused-ring (bicyclic) bond motifs is 1. The molecule has 0 unspecified atom stereocenters. The first kappa shape index (κ1) is 21.0. The Bertz CT molecular complexity index is 1230. The highest BCUT2D eigenvalue weighted by atomic mass is 35.5. The second-order valence-corrected chi connectivity index (χ2v) is 8.35. The lowest BCUT2D eigenvalue weighted by molar-refractivity contribution is 0.262. The highest BCUT2D eigenvalue weighted by Crippen LogP contribution is 2.40. The molecule has 0 saturated heterocycles. The summed E-state index contributed by atoms with van der Waals surface area (Å²) in [6, 6.07) is 14.1. The molecular weight excluding hydrogens is 434 g/mol. The van der Waals surface area contributed by atoms with Crippen molar-refractivity contribution < 1.29 is 9.90 Å². The van der Waals surface area contributed by atoms with Gasteiger partial charge in [0.05, 0.1) is 5.39 Å². The van der Waals surface area contributed by atoms with Crippen molar-refractivity contribution in [2.45, 2.75) is 12.8 Å². The van der Waals surface area contributed by atoms with E-state index in [0.29, 0.717) is 35.1 Å². The molecule has 0 bridgehead atoms. The number of aromatic nitrogens is 2. The van der Waals surface area contributed by atoms with Crippen LogP contribution in [0.1, 0.15) is 11.3 Å². The molecule has 158 valence electrons. The molecule has 0 atom stereocenters. The van der Waals surface area contributed by atoms with E-state index in [1.807, 2.05) is 24.3 Å². The van der Waals surface area contributed by atoms with Crippen LogP contribution in [0.15, 0.2) is 54.9 Å². The van der Waals surface area contributed by atoms with Crippen molar-refractivity contribution in [1.29, 1.82) is 0 Å². The second kappa shape index (κ2) is 9.30. The summed E-state index contributed by atoms with van der Waals surface area (Å²) < 4.78 is 0. The molecule has 2 aromatic carbocycles. The number of hydrogen-bond acceptors (Lipinski definition) is 6. The number of amides is 2. The summed E-state index contributed by atoms with van der Waals surface area (Å²) in [4.78, 5) is 22.7. The van der Waals surface area contributed by atoms with Gasteiger partial charge in [0.1, 0.15) is 17.0 Å². The zero-order valence-corrected chi connectivity index (χ0v) is 18.0. The lowest BCUT2D eigenvalue weighted by Gasteiger charge is -2.10. The summed E-state index contributed by atoms with van der Waals surface area (Å²) >= 11 is 7.51. The Morgan fingerprint density at radius 3 is 2.61 bits per heavy atom. The molecule has 7 nitrogen and oxygen atoms in total. The number of anilines is 3. The van der Waals surface area contributed by atoms with Crippen molar-refractivity contribution >= 4 is 56.4 Å². The van der Waals surface area contributed by atoms with Gasteiger partial charge in [0.15, 0.2) is 0 Å². The predicted molar refractivity (Wildman–Crippen MR) is 127 cm³/mol. The van der Waals surface area contributed by atoms with Gasteiger partial charge in [-0.2, -0.15) is 0 Å². The summed E-state index contributed by atoms with van der Waals surface area (Å²) in [5.74, 6) is 0.426. The van der Waals surface area contributed by atoms with Crippen LogP contribution in [0.3, 0.4) is 0 Å². The first-order valence-electron chi connectivity index (χ1n) is 9.62. The smallest absolute Gasteiger partial charge is 0.323 e. The number of rotatable bonds is 6. The molecule has 0 radical (unpaired) electrons. The Morgan fingerprint density at radius 1 is 1.10 bits per heavy atom. The van der Waals surface area contributed by atoms with Gasteiger partial charge in [-0.3, -0.25) is 0 Å². The molecule has 5 N–H and O–H groups in total. The number of nitrogen functional groups attached to an aromatic ring is 1. The number of aliphatic hydroxyl groups is 1. The minimum absolute atomic E-state index is 0.111. The van der Waals surface area contributed by atoms with Crippen molar-refractivity contribution in [3.05, 3.63) is 64.8 Å². The average Bonchev–Trinajstić information content (AvgIpc) is 3.12. The van der Waals surface area contributed by atoms with Crippen molar-refractivity contribution in [2.24, 2.45) is 0 Å². The number of nitrogens with zero attached hydrogens (tertiary/aromatic N) is 2. The van der Waals surface area contributed by atoms with E-state index in [1.54, 1.807) is 35.6 Å². The van der Waals surface area contributed by atoms with E-state index in [-0.39, 0.29) is 12.6 Å². The zero-order valence-electron chi connectivity index (χ0n) is 16.4. The molecule has 0 spiro atoms. The van der Waals surface area contributed by atoms with Gasteiger partial charge in [0.2, 0.25) is 0 Å². The van der Waals surface area contributed by atoms with E-state index in [4.69, 9.17) is 17.3 Å². The van der Waals surface area contributed by atoms with E-state index >= 15 is 0 Å². The lowest BCUT2D eigenvalue weighted by Crippen LogP contribution is -2.19. The Morgan fingerprint density at radius 2 is 1.87 bits per heavy atom. The number of nitrogens with two attached hydrogens (primary N) is 1. The number of aryl methyl sites for hydroxylation is 1. The Hall–Kier alpha value is -3.20. The number of carbonyl (C=O) groups excluding carboxylic acids is 1. The van der Waals surface area contributed by atoms with Gasteiger partial charge >= 0.3 is 6.03 Å². The number of benzene rings is 2. The van der Waals surface area contributed by atoms with Gasteiger partial charge in [0, 0.05) is 33.4 Å². The fourth-order valence-electron chi connectivity index (χ4n) is 3.30. The molecule has 0 aliphatic rings. The number of urea groups is 1. The van der Waals surface area contributed by atoms with Gasteiger partial charge in [-0.25, -0.2) is 14.8 Å². The number of aliphatic hydroxyl groups excluding tert-OH is 1. The monoisotopic (exact) mass is 453 g/mol. The standard InChI is InChI=1S/C22H20ClN5O2S/c23-14-3-1-4-16(11-14)28-22(30)27-15-8-6-13(7-9-15)18-17(5-2-10-29)31-21-19(18)20(24)25-12-26-21/h1,3-4,6-9,11-12,29H,2,5,10H2,(H2,24,25,26)(H2,27,28,30). The summed E-state index contributed by atoms with van der Waals surface area (Å²) in [6.45, 7) is 0.111. The number of halogens is 1. The quantitative estimate of drug-likeness (QED) is 0.322. The van der Waals surface area contributed by atoms with Crippen molar-refractivity contribution in [2.75, 3.05) is 23.0 Å².